The molecule has 0 saturated carbocycles. The maximum Gasteiger partial charge on any atom is 0.0968 e. The smallest absolute Gasteiger partial charge is 0.0968 e. The van der Waals surface area contributed by atoms with Crippen molar-refractivity contribution >= 4 is 38.9 Å². The molecule has 0 N–H and O–H groups in total. The lowest BCUT2D eigenvalue weighted by Crippen LogP contribution is -1.95. The second kappa shape index (κ2) is 3.43. The molecule has 2 heterocycles. The van der Waals surface area contributed by atoms with E-state index in [-0.39, 0.29) is 0 Å². The number of aromatic nitrogens is 3. The van der Waals surface area contributed by atoms with E-state index in [1.54, 1.807) is 0 Å². The van der Waals surface area contributed by atoms with Gasteiger partial charge in [-0.25, -0.2) is 4.52 Å². The molecule has 4 rings (SSSR count). The molecular formula is C14H8ClN3. The quantitative estimate of drug-likeness (QED) is 0.478. The summed E-state index contributed by atoms with van der Waals surface area (Å²) in [5, 5.41) is 11.4. The van der Waals surface area contributed by atoms with Gasteiger partial charge in [0.1, 0.15) is 0 Å². The average Bonchev–Trinajstić information content (AvgIpc) is 2.76. The highest BCUT2D eigenvalue weighted by atomic mass is 35.5. The van der Waals surface area contributed by atoms with Crippen molar-refractivity contribution in [2.75, 3.05) is 0 Å². The fourth-order valence-corrected chi connectivity index (χ4v) is 2.51. The van der Waals surface area contributed by atoms with Gasteiger partial charge in [-0.2, -0.15) is 0 Å². The van der Waals surface area contributed by atoms with Gasteiger partial charge in [-0.3, -0.25) is 0 Å². The monoisotopic (exact) mass is 253 g/mol. The largest absolute Gasteiger partial charge is 0.214 e. The Morgan fingerprint density at radius 2 is 1.83 bits per heavy atom. The van der Waals surface area contributed by atoms with Crippen molar-refractivity contribution in [2.24, 2.45) is 0 Å². The Morgan fingerprint density at radius 3 is 2.78 bits per heavy atom. The van der Waals surface area contributed by atoms with E-state index >= 15 is 0 Å². The van der Waals surface area contributed by atoms with Gasteiger partial charge in [-0.05, 0) is 30.3 Å². The number of nitrogens with zero attached hydrogens (tertiary/aromatic N) is 3. The molecule has 4 heteroatoms. The molecule has 0 unspecified atom stereocenters. The van der Waals surface area contributed by atoms with Crippen LogP contribution in [0.4, 0.5) is 0 Å². The van der Waals surface area contributed by atoms with E-state index in [4.69, 9.17) is 11.6 Å². The van der Waals surface area contributed by atoms with Gasteiger partial charge in [-0.15, -0.1) is 5.10 Å². The SMILES string of the molecule is Clc1ccc2c(c1)cc1c3ccccc3nnn21. The Morgan fingerprint density at radius 1 is 0.944 bits per heavy atom. The molecule has 0 aliphatic heterocycles. The van der Waals surface area contributed by atoms with Crippen LogP contribution in [-0.2, 0) is 0 Å². The van der Waals surface area contributed by atoms with Crippen molar-refractivity contribution in [1.29, 1.82) is 0 Å². The van der Waals surface area contributed by atoms with Gasteiger partial charge < -0.3 is 0 Å². The molecule has 0 radical (unpaired) electrons. The van der Waals surface area contributed by atoms with Crippen molar-refractivity contribution in [2.45, 2.75) is 0 Å². The summed E-state index contributed by atoms with van der Waals surface area (Å²) in [6.07, 6.45) is 0. The van der Waals surface area contributed by atoms with Gasteiger partial charge in [-0.1, -0.05) is 35.0 Å². The van der Waals surface area contributed by atoms with Crippen LogP contribution in [-0.4, -0.2) is 14.8 Å². The highest BCUT2D eigenvalue weighted by Gasteiger charge is 2.07. The molecule has 0 bridgehead atoms. The topological polar surface area (TPSA) is 30.2 Å². The van der Waals surface area contributed by atoms with E-state index in [2.05, 4.69) is 22.4 Å². The van der Waals surface area contributed by atoms with E-state index in [1.807, 2.05) is 40.9 Å². The molecule has 2 aromatic carbocycles. The predicted octanol–water partition coefficient (Wildman–Crippen LogP) is 3.69. The van der Waals surface area contributed by atoms with Crippen LogP contribution in [0.2, 0.25) is 5.02 Å². The van der Waals surface area contributed by atoms with Crippen LogP contribution in [0.5, 0.6) is 0 Å². The lowest BCUT2D eigenvalue weighted by atomic mass is 10.2. The van der Waals surface area contributed by atoms with Crippen LogP contribution >= 0.6 is 11.6 Å². The Balaban J connectivity index is 2.29. The van der Waals surface area contributed by atoms with Crippen LogP contribution in [0.15, 0.2) is 48.5 Å². The molecule has 0 spiro atoms. The summed E-state index contributed by atoms with van der Waals surface area (Å²) in [5.41, 5.74) is 2.98. The van der Waals surface area contributed by atoms with Crippen LogP contribution in [0.3, 0.4) is 0 Å². The minimum Gasteiger partial charge on any atom is -0.214 e. The molecule has 4 aromatic rings. The van der Waals surface area contributed by atoms with Gasteiger partial charge in [0.05, 0.1) is 16.6 Å². The molecule has 2 aromatic heterocycles. The molecule has 0 amide bonds. The van der Waals surface area contributed by atoms with Gasteiger partial charge >= 0.3 is 0 Å². The molecule has 0 aliphatic rings. The number of rotatable bonds is 0. The zero-order valence-electron chi connectivity index (χ0n) is 9.34. The molecule has 0 fully saturated rings. The van der Waals surface area contributed by atoms with Crippen LogP contribution in [0, 0.1) is 0 Å². The van der Waals surface area contributed by atoms with Gasteiger partial charge in [0.25, 0.3) is 0 Å². The van der Waals surface area contributed by atoms with Gasteiger partial charge in [0, 0.05) is 15.8 Å². The van der Waals surface area contributed by atoms with Crippen LogP contribution in [0.25, 0.3) is 27.3 Å². The number of benzene rings is 2. The Kier molecular flexibility index (Phi) is 1.88. The van der Waals surface area contributed by atoms with E-state index in [9.17, 15) is 0 Å². The minimum atomic E-state index is 0.732. The second-order valence-corrected chi connectivity index (χ2v) is 4.69. The first-order valence-corrected chi connectivity index (χ1v) is 6.03. The fourth-order valence-electron chi connectivity index (χ4n) is 2.33. The van der Waals surface area contributed by atoms with Gasteiger partial charge in [0.2, 0.25) is 0 Å². The van der Waals surface area contributed by atoms with Crippen molar-refractivity contribution < 1.29 is 0 Å². The fraction of sp³-hybridized carbons (Fsp3) is 0. The van der Waals surface area contributed by atoms with Crippen molar-refractivity contribution in [3.63, 3.8) is 0 Å². The normalized spacial score (nSPS) is 11.6. The maximum atomic E-state index is 6.02. The molecule has 0 aliphatic carbocycles. The minimum absolute atomic E-state index is 0.732. The number of hydrogen-bond acceptors (Lipinski definition) is 2. The van der Waals surface area contributed by atoms with Crippen molar-refractivity contribution in [3.05, 3.63) is 53.6 Å². The molecule has 0 saturated heterocycles. The summed E-state index contributed by atoms with van der Waals surface area (Å²) < 4.78 is 1.86. The Labute approximate surface area is 108 Å². The first-order chi connectivity index (χ1) is 8.83. The first-order valence-electron chi connectivity index (χ1n) is 5.65. The Bertz CT molecular complexity index is 895. The number of fused-ring (bicyclic) bond motifs is 5. The third-order valence-electron chi connectivity index (χ3n) is 3.16. The van der Waals surface area contributed by atoms with E-state index in [0.717, 1.165) is 32.3 Å². The van der Waals surface area contributed by atoms with E-state index in [1.165, 1.54) is 0 Å². The van der Waals surface area contributed by atoms with Crippen molar-refractivity contribution in [3.8, 4) is 0 Å². The van der Waals surface area contributed by atoms with E-state index < -0.39 is 0 Å². The van der Waals surface area contributed by atoms with Gasteiger partial charge in [0.15, 0.2) is 0 Å². The molecule has 86 valence electrons. The van der Waals surface area contributed by atoms with Crippen molar-refractivity contribution in [1.82, 2.24) is 14.8 Å². The third kappa shape index (κ3) is 1.25. The predicted molar refractivity (Wildman–Crippen MR) is 73.0 cm³/mol. The number of halogens is 1. The standard InChI is InChI=1S/C14H8ClN3/c15-10-5-6-13-9(7-10)8-14-11-3-1-2-4-12(11)16-17-18(13)14/h1-8H. The summed E-state index contributed by atoms with van der Waals surface area (Å²) in [7, 11) is 0. The highest BCUT2D eigenvalue weighted by Crippen LogP contribution is 2.26. The lowest BCUT2D eigenvalue weighted by Gasteiger charge is -1.99. The summed E-state index contributed by atoms with van der Waals surface area (Å²) in [6, 6.07) is 15.9. The highest BCUT2D eigenvalue weighted by molar-refractivity contribution is 6.31. The average molecular weight is 254 g/mol. The Hall–Kier alpha value is -2.13. The maximum absolute atomic E-state index is 6.02. The van der Waals surface area contributed by atoms with Crippen LogP contribution < -0.4 is 0 Å². The summed E-state index contributed by atoms with van der Waals surface area (Å²) in [5.74, 6) is 0. The molecule has 0 atom stereocenters. The summed E-state index contributed by atoms with van der Waals surface area (Å²) >= 11 is 6.02. The summed E-state index contributed by atoms with van der Waals surface area (Å²) in [6.45, 7) is 0. The third-order valence-corrected chi connectivity index (χ3v) is 3.40. The molecule has 3 nitrogen and oxygen atoms in total. The van der Waals surface area contributed by atoms with E-state index in [0.29, 0.717) is 0 Å². The molecule has 18 heavy (non-hydrogen) atoms. The molecular weight excluding hydrogens is 246 g/mol. The number of hydrogen-bond donors (Lipinski definition) is 0. The first kappa shape index (κ1) is 9.85. The summed E-state index contributed by atoms with van der Waals surface area (Å²) in [4.78, 5) is 0. The lowest BCUT2D eigenvalue weighted by molar-refractivity contribution is 0.855. The zero-order valence-corrected chi connectivity index (χ0v) is 10.1. The zero-order chi connectivity index (χ0) is 12.1. The van der Waals surface area contributed by atoms with Crippen LogP contribution in [0.1, 0.15) is 0 Å². The second-order valence-electron chi connectivity index (χ2n) is 4.25.